The third-order valence-electron chi connectivity index (χ3n) is 3.88. The van der Waals surface area contributed by atoms with E-state index >= 15 is 0 Å². The summed E-state index contributed by atoms with van der Waals surface area (Å²) < 4.78 is 0. The molecule has 0 radical (unpaired) electrons. The zero-order valence-corrected chi connectivity index (χ0v) is 14.1. The molecule has 0 aliphatic carbocycles. The fraction of sp³-hybridized carbons (Fsp3) is 0.200. The summed E-state index contributed by atoms with van der Waals surface area (Å²) >= 11 is 0. The third kappa shape index (κ3) is 4.32. The Hall–Kier alpha value is -2.88. The van der Waals surface area contributed by atoms with Crippen molar-refractivity contribution in [1.29, 1.82) is 0 Å². The van der Waals surface area contributed by atoms with E-state index < -0.39 is 0 Å². The first-order valence-electron chi connectivity index (χ1n) is 7.92. The molecular formula is C20H22N2O2. The Morgan fingerprint density at radius 1 is 1.17 bits per heavy atom. The number of anilines is 2. The van der Waals surface area contributed by atoms with Crippen LogP contribution >= 0.6 is 0 Å². The molecule has 0 aliphatic heterocycles. The lowest BCUT2D eigenvalue weighted by Gasteiger charge is -2.19. The summed E-state index contributed by atoms with van der Waals surface area (Å²) in [7, 11) is 1.77. The molecule has 4 nitrogen and oxygen atoms in total. The minimum absolute atomic E-state index is 0.0384. The van der Waals surface area contributed by atoms with Crippen LogP contribution in [0.15, 0.2) is 61.2 Å². The highest BCUT2D eigenvalue weighted by atomic mass is 16.2. The molecular weight excluding hydrogens is 300 g/mol. The molecule has 4 heteroatoms. The van der Waals surface area contributed by atoms with E-state index in [4.69, 9.17) is 0 Å². The van der Waals surface area contributed by atoms with Crippen LogP contribution in [-0.2, 0) is 22.4 Å². The van der Waals surface area contributed by atoms with Crippen LogP contribution in [0, 0.1) is 0 Å². The minimum atomic E-state index is -0.293. The summed E-state index contributed by atoms with van der Waals surface area (Å²) in [5.74, 6) is -0.331. The Balaban J connectivity index is 2.17. The number of benzene rings is 2. The normalized spacial score (nSPS) is 10.1. The van der Waals surface area contributed by atoms with Crippen LogP contribution in [0.25, 0.3) is 0 Å². The molecule has 2 amide bonds. The molecule has 0 aliphatic rings. The molecule has 24 heavy (non-hydrogen) atoms. The van der Waals surface area contributed by atoms with Gasteiger partial charge >= 0.3 is 0 Å². The maximum absolute atomic E-state index is 12.6. The van der Waals surface area contributed by atoms with Gasteiger partial charge in [0.15, 0.2) is 0 Å². The van der Waals surface area contributed by atoms with Gasteiger partial charge in [0.25, 0.3) is 0 Å². The number of likely N-dealkylation sites (N-methyl/N-ethyl adjacent to an activating group) is 1. The average Bonchev–Trinajstić information content (AvgIpc) is 2.62. The molecule has 0 spiro atoms. The second-order valence-corrected chi connectivity index (χ2v) is 5.50. The van der Waals surface area contributed by atoms with Gasteiger partial charge in [-0.05, 0) is 41.8 Å². The molecule has 2 aromatic carbocycles. The molecule has 0 fully saturated rings. The van der Waals surface area contributed by atoms with Gasteiger partial charge in [-0.25, -0.2) is 0 Å². The monoisotopic (exact) mass is 322 g/mol. The number of rotatable bonds is 6. The van der Waals surface area contributed by atoms with Gasteiger partial charge in [-0.3, -0.25) is 9.59 Å². The molecule has 0 unspecified atom stereocenters. The number of carbonyl (C=O) groups is 2. The van der Waals surface area contributed by atoms with E-state index in [2.05, 4.69) is 18.8 Å². The summed E-state index contributed by atoms with van der Waals surface area (Å²) in [5, 5.41) is 2.73. The van der Waals surface area contributed by atoms with Crippen LogP contribution in [0.5, 0.6) is 0 Å². The van der Waals surface area contributed by atoms with Crippen LogP contribution in [0.2, 0.25) is 0 Å². The first-order chi connectivity index (χ1) is 11.5. The number of aryl methyl sites for hydroxylation is 1. The highest BCUT2D eigenvalue weighted by Gasteiger charge is 2.14. The van der Waals surface area contributed by atoms with E-state index in [0.717, 1.165) is 17.7 Å². The van der Waals surface area contributed by atoms with Crippen molar-refractivity contribution in [3.8, 4) is 0 Å². The lowest BCUT2D eigenvalue weighted by molar-refractivity contribution is -0.117. The first-order valence-corrected chi connectivity index (χ1v) is 7.92. The number of amides is 2. The SMILES string of the molecule is C=CC(=O)Nc1ccccc1CC(=O)N(C)c1cccc(CC)c1. The summed E-state index contributed by atoms with van der Waals surface area (Å²) in [4.78, 5) is 25.8. The van der Waals surface area contributed by atoms with Gasteiger partial charge in [-0.15, -0.1) is 0 Å². The Labute approximate surface area is 142 Å². The second kappa shape index (κ2) is 8.11. The Morgan fingerprint density at radius 2 is 1.92 bits per heavy atom. The van der Waals surface area contributed by atoms with Crippen molar-refractivity contribution in [2.75, 3.05) is 17.3 Å². The van der Waals surface area contributed by atoms with E-state index in [-0.39, 0.29) is 18.2 Å². The largest absolute Gasteiger partial charge is 0.322 e. The van der Waals surface area contributed by atoms with Gasteiger partial charge in [-0.2, -0.15) is 0 Å². The summed E-state index contributed by atoms with van der Waals surface area (Å²) in [6.45, 7) is 5.53. The first kappa shape index (κ1) is 17.5. The zero-order valence-electron chi connectivity index (χ0n) is 14.1. The lowest BCUT2D eigenvalue weighted by Crippen LogP contribution is -2.28. The van der Waals surface area contributed by atoms with E-state index in [9.17, 15) is 9.59 Å². The van der Waals surface area contributed by atoms with Crippen molar-refractivity contribution >= 4 is 23.2 Å². The molecule has 2 aromatic rings. The fourth-order valence-corrected chi connectivity index (χ4v) is 2.39. The van der Waals surface area contributed by atoms with E-state index in [1.165, 1.54) is 11.6 Å². The minimum Gasteiger partial charge on any atom is -0.322 e. The molecule has 0 atom stereocenters. The number of para-hydroxylation sites is 1. The van der Waals surface area contributed by atoms with E-state index in [1.807, 2.05) is 42.5 Å². The fourth-order valence-electron chi connectivity index (χ4n) is 2.39. The van der Waals surface area contributed by atoms with Gasteiger partial charge < -0.3 is 10.2 Å². The molecule has 1 N–H and O–H groups in total. The zero-order chi connectivity index (χ0) is 17.5. The van der Waals surface area contributed by atoms with Gasteiger partial charge in [-0.1, -0.05) is 43.8 Å². The Morgan fingerprint density at radius 3 is 2.62 bits per heavy atom. The number of nitrogens with zero attached hydrogens (tertiary/aromatic N) is 1. The number of hydrogen-bond acceptors (Lipinski definition) is 2. The quantitative estimate of drug-likeness (QED) is 0.827. The number of carbonyl (C=O) groups excluding carboxylic acids is 2. The Kier molecular flexibility index (Phi) is 5.90. The molecule has 124 valence electrons. The van der Waals surface area contributed by atoms with Gasteiger partial charge in [0.05, 0.1) is 6.42 Å². The van der Waals surface area contributed by atoms with E-state index in [0.29, 0.717) is 5.69 Å². The molecule has 0 heterocycles. The topological polar surface area (TPSA) is 49.4 Å². The van der Waals surface area contributed by atoms with Crippen molar-refractivity contribution in [2.45, 2.75) is 19.8 Å². The van der Waals surface area contributed by atoms with Crippen LogP contribution < -0.4 is 10.2 Å². The van der Waals surface area contributed by atoms with E-state index in [1.54, 1.807) is 18.0 Å². The summed E-state index contributed by atoms with van der Waals surface area (Å²) in [6.07, 6.45) is 2.34. The predicted octanol–water partition coefficient (Wildman–Crippen LogP) is 3.58. The van der Waals surface area contributed by atoms with Crippen molar-refractivity contribution in [3.05, 3.63) is 72.3 Å². The second-order valence-electron chi connectivity index (χ2n) is 5.50. The van der Waals surface area contributed by atoms with Crippen molar-refractivity contribution < 1.29 is 9.59 Å². The maximum atomic E-state index is 12.6. The Bertz CT molecular complexity index is 753. The summed E-state index contributed by atoms with van der Waals surface area (Å²) in [6, 6.07) is 15.2. The molecule has 0 aromatic heterocycles. The molecule has 2 rings (SSSR count). The molecule has 0 saturated carbocycles. The highest BCUT2D eigenvalue weighted by molar-refractivity contribution is 6.00. The maximum Gasteiger partial charge on any atom is 0.247 e. The van der Waals surface area contributed by atoms with Gasteiger partial charge in [0.2, 0.25) is 11.8 Å². The van der Waals surface area contributed by atoms with Crippen molar-refractivity contribution in [2.24, 2.45) is 0 Å². The van der Waals surface area contributed by atoms with Crippen molar-refractivity contribution in [3.63, 3.8) is 0 Å². The average molecular weight is 322 g/mol. The predicted molar refractivity (Wildman–Crippen MR) is 98.2 cm³/mol. The molecule has 0 bridgehead atoms. The van der Waals surface area contributed by atoms with Crippen LogP contribution in [0.1, 0.15) is 18.1 Å². The van der Waals surface area contributed by atoms with Gasteiger partial charge in [0.1, 0.15) is 0 Å². The smallest absolute Gasteiger partial charge is 0.247 e. The molecule has 0 saturated heterocycles. The third-order valence-corrected chi connectivity index (χ3v) is 3.88. The lowest BCUT2D eigenvalue weighted by atomic mass is 10.1. The van der Waals surface area contributed by atoms with Crippen LogP contribution in [0.3, 0.4) is 0 Å². The van der Waals surface area contributed by atoms with Gasteiger partial charge in [0, 0.05) is 18.4 Å². The number of nitrogens with one attached hydrogen (secondary N) is 1. The summed E-state index contributed by atoms with van der Waals surface area (Å²) in [5.41, 5.74) is 3.46. The van der Waals surface area contributed by atoms with Crippen LogP contribution in [0.4, 0.5) is 11.4 Å². The van der Waals surface area contributed by atoms with Crippen molar-refractivity contribution in [1.82, 2.24) is 0 Å². The number of hydrogen-bond donors (Lipinski definition) is 1. The van der Waals surface area contributed by atoms with Crippen LogP contribution in [-0.4, -0.2) is 18.9 Å². The highest BCUT2D eigenvalue weighted by Crippen LogP contribution is 2.20. The standard InChI is InChI=1S/C20H22N2O2/c1-4-15-9-8-11-17(13-15)22(3)20(24)14-16-10-6-7-12-18(16)21-19(23)5-2/h5-13H,2,4,14H2,1,3H3,(H,21,23).